The first-order valence-corrected chi connectivity index (χ1v) is 11.1. The van der Waals surface area contributed by atoms with E-state index in [-0.39, 0.29) is 16.6 Å². The number of benzene rings is 1. The van der Waals surface area contributed by atoms with E-state index in [1.807, 2.05) is 24.4 Å². The Balaban J connectivity index is 1.62. The van der Waals surface area contributed by atoms with Gasteiger partial charge in [-0.1, -0.05) is 36.8 Å². The molecule has 1 saturated heterocycles. The maximum absolute atomic E-state index is 13.2. The minimum atomic E-state index is -0.426. The van der Waals surface area contributed by atoms with Crippen molar-refractivity contribution in [1.29, 1.82) is 0 Å². The van der Waals surface area contributed by atoms with Gasteiger partial charge in [0.05, 0.1) is 0 Å². The highest BCUT2D eigenvalue weighted by Gasteiger charge is 2.33. The summed E-state index contributed by atoms with van der Waals surface area (Å²) in [5.41, 5.74) is 3.49. The lowest BCUT2D eigenvalue weighted by molar-refractivity contribution is -0.128. The van der Waals surface area contributed by atoms with Crippen LogP contribution in [0.25, 0.3) is 17.0 Å². The molecule has 2 aliphatic rings. The minimum absolute atomic E-state index is 0.139. The van der Waals surface area contributed by atoms with Crippen LogP contribution >= 0.6 is 12.2 Å². The first kappa shape index (κ1) is 20.5. The number of carbonyl (C=O) groups is 2. The summed E-state index contributed by atoms with van der Waals surface area (Å²) in [6, 6.07) is 8.07. The number of amides is 2. The van der Waals surface area contributed by atoms with Gasteiger partial charge in [0.15, 0.2) is 5.11 Å². The Hall–Kier alpha value is -2.73. The molecule has 0 bridgehead atoms. The van der Waals surface area contributed by atoms with E-state index >= 15 is 0 Å². The van der Waals surface area contributed by atoms with Gasteiger partial charge in [-0.25, -0.2) is 0 Å². The fourth-order valence-electron chi connectivity index (χ4n) is 4.26. The molecule has 1 aliphatic carbocycles. The summed E-state index contributed by atoms with van der Waals surface area (Å²) >= 11 is 5.30. The van der Waals surface area contributed by atoms with E-state index in [1.165, 1.54) is 23.3 Å². The first-order valence-electron chi connectivity index (χ1n) is 10.7. The van der Waals surface area contributed by atoms with Gasteiger partial charge in [-0.15, -0.1) is 0 Å². The molecule has 156 valence electrons. The van der Waals surface area contributed by atoms with Gasteiger partial charge in [0.2, 0.25) is 0 Å². The molecule has 1 aromatic heterocycles. The standard InChI is InChI=1S/C24H27N3O2S/c1-2-13-26-16-18(19-10-6-7-11-21(19)26)15-20-22(28)25-24(30)27(23(20)29)14-12-17-8-4-3-5-9-17/h6-8,10-11,15-16H,2-5,9,12-14H2,1H3,(H,25,28,30)/b20-15+. The second-order valence-corrected chi connectivity index (χ2v) is 8.31. The topological polar surface area (TPSA) is 54.3 Å². The van der Waals surface area contributed by atoms with Gasteiger partial charge < -0.3 is 4.57 Å². The SMILES string of the molecule is CCCn1cc(/C=C2\C(=O)NC(=S)N(CCC3=CCCCC3)C2=O)c2ccccc21. The highest BCUT2D eigenvalue weighted by atomic mass is 32.1. The smallest absolute Gasteiger partial charge is 0.265 e. The second kappa shape index (κ2) is 8.96. The van der Waals surface area contributed by atoms with Crippen molar-refractivity contribution >= 4 is 46.1 Å². The lowest BCUT2D eigenvalue weighted by atomic mass is 9.97. The number of aryl methyl sites for hydroxylation is 1. The maximum Gasteiger partial charge on any atom is 0.265 e. The van der Waals surface area contributed by atoms with Crippen molar-refractivity contribution in [3.05, 3.63) is 53.2 Å². The van der Waals surface area contributed by atoms with Crippen LogP contribution in [-0.4, -0.2) is 32.9 Å². The van der Waals surface area contributed by atoms with Crippen molar-refractivity contribution in [3.63, 3.8) is 0 Å². The van der Waals surface area contributed by atoms with Crippen LogP contribution in [0.3, 0.4) is 0 Å². The quantitative estimate of drug-likeness (QED) is 0.322. The molecule has 0 spiro atoms. The lowest BCUT2D eigenvalue weighted by Gasteiger charge is -2.29. The molecule has 30 heavy (non-hydrogen) atoms. The van der Waals surface area contributed by atoms with Crippen molar-refractivity contribution in [2.75, 3.05) is 6.54 Å². The molecule has 0 unspecified atom stereocenters. The molecule has 2 amide bonds. The molecule has 6 heteroatoms. The molecule has 4 rings (SSSR count). The van der Waals surface area contributed by atoms with E-state index in [0.717, 1.165) is 48.7 Å². The summed E-state index contributed by atoms with van der Waals surface area (Å²) in [6.45, 7) is 3.51. The zero-order valence-corrected chi connectivity index (χ0v) is 18.1. The van der Waals surface area contributed by atoms with Gasteiger partial charge in [0, 0.05) is 35.8 Å². The lowest BCUT2D eigenvalue weighted by Crippen LogP contribution is -2.54. The van der Waals surface area contributed by atoms with E-state index in [1.54, 1.807) is 6.08 Å². The van der Waals surface area contributed by atoms with E-state index in [0.29, 0.717) is 6.54 Å². The van der Waals surface area contributed by atoms with Crippen molar-refractivity contribution in [3.8, 4) is 0 Å². The maximum atomic E-state index is 13.2. The summed E-state index contributed by atoms with van der Waals surface area (Å²) in [6.07, 6.45) is 12.4. The summed E-state index contributed by atoms with van der Waals surface area (Å²) in [7, 11) is 0. The fourth-order valence-corrected chi connectivity index (χ4v) is 4.52. The Morgan fingerprint density at radius 1 is 1.17 bits per heavy atom. The third kappa shape index (κ3) is 4.10. The van der Waals surface area contributed by atoms with Crippen molar-refractivity contribution in [2.45, 2.75) is 52.0 Å². The van der Waals surface area contributed by atoms with Gasteiger partial charge in [0.25, 0.3) is 11.8 Å². The number of carbonyl (C=O) groups excluding carboxylic acids is 2. The largest absolute Gasteiger partial charge is 0.347 e. The molecule has 5 nitrogen and oxygen atoms in total. The number of hydrogen-bond acceptors (Lipinski definition) is 3. The summed E-state index contributed by atoms with van der Waals surface area (Å²) in [5, 5.41) is 3.94. The van der Waals surface area contributed by atoms with Gasteiger partial charge in [0.1, 0.15) is 5.57 Å². The van der Waals surface area contributed by atoms with Crippen LogP contribution in [-0.2, 0) is 16.1 Å². The third-order valence-corrected chi connectivity index (χ3v) is 6.13. The average Bonchev–Trinajstić information content (AvgIpc) is 3.09. The Morgan fingerprint density at radius 2 is 2.00 bits per heavy atom. The molecule has 1 aliphatic heterocycles. The van der Waals surface area contributed by atoms with Crippen LogP contribution in [0.15, 0.2) is 47.7 Å². The Bertz CT molecular complexity index is 1060. The molecule has 2 aromatic rings. The number of fused-ring (bicyclic) bond motifs is 1. The van der Waals surface area contributed by atoms with Crippen LogP contribution in [0.1, 0.15) is 51.0 Å². The van der Waals surface area contributed by atoms with Gasteiger partial charge in [-0.05, 0) is 62.9 Å². The predicted molar refractivity (Wildman–Crippen MR) is 124 cm³/mol. The predicted octanol–water partition coefficient (Wildman–Crippen LogP) is 4.57. The van der Waals surface area contributed by atoms with Crippen LogP contribution in [0.2, 0.25) is 0 Å². The van der Waals surface area contributed by atoms with Gasteiger partial charge in [-0.3, -0.25) is 19.8 Å². The molecule has 2 heterocycles. The second-order valence-electron chi connectivity index (χ2n) is 7.93. The normalized spacial score (nSPS) is 18.8. The van der Waals surface area contributed by atoms with E-state index in [4.69, 9.17) is 12.2 Å². The third-order valence-electron chi connectivity index (χ3n) is 5.81. The zero-order valence-electron chi connectivity index (χ0n) is 17.3. The highest BCUT2D eigenvalue weighted by Crippen LogP contribution is 2.26. The molecule has 1 aromatic carbocycles. The average molecular weight is 422 g/mol. The number of aromatic nitrogens is 1. The van der Waals surface area contributed by atoms with E-state index in [2.05, 4.69) is 29.0 Å². The number of hydrogen-bond donors (Lipinski definition) is 1. The van der Waals surface area contributed by atoms with Crippen molar-refractivity contribution < 1.29 is 9.59 Å². The van der Waals surface area contributed by atoms with Crippen LogP contribution < -0.4 is 5.32 Å². The molecule has 0 saturated carbocycles. The first-order chi connectivity index (χ1) is 14.6. The summed E-state index contributed by atoms with van der Waals surface area (Å²) in [5.74, 6) is -0.738. The number of allylic oxidation sites excluding steroid dienone is 1. The molecule has 1 fully saturated rings. The fraction of sp³-hybridized carbons (Fsp3) is 0.375. The highest BCUT2D eigenvalue weighted by molar-refractivity contribution is 7.80. The van der Waals surface area contributed by atoms with Crippen molar-refractivity contribution in [1.82, 2.24) is 14.8 Å². The van der Waals surface area contributed by atoms with Crippen LogP contribution in [0.5, 0.6) is 0 Å². The number of nitrogens with zero attached hydrogens (tertiary/aromatic N) is 2. The molecular weight excluding hydrogens is 394 g/mol. The Labute approximate surface area is 182 Å². The van der Waals surface area contributed by atoms with Crippen LogP contribution in [0.4, 0.5) is 0 Å². The van der Waals surface area contributed by atoms with Gasteiger partial charge >= 0.3 is 0 Å². The monoisotopic (exact) mass is 421 g/mol. The number of nitrogens with one attached hydrogen (secondary N) is 1. The van der Waals surface area contributed by atoms with Crippen LogP contribution in [0, 0.1) is 0 Å². The number of thiocarbonyl (C=S) groups is 1. The summed E-state index contributed by atoms with van der Waals surface area (Å²) < 4.78 is 2.17. The number of para-hydroxylation sites is 1. The number of rotatable bonds is 6. The van der Waals surface area contributed by atoms with E-state index in [9.17, 15) is 9.59 Å². The molecule has 1 N–H and O–H groups in total. The Kier molecular flexibility index (Phi) is 6.13. The Morgan fingerprint density at radius 3 is 2.77 bits per heavy atom. The van der Waals surface area contributed by atoms with Crippen molar-refractivity contribution in [2.24, 2.45) is 0 Å². The molecule has 0 radical (unpaired) electrons. The summed E-state index contributed by atoms with van der Waals surface area (Å²) in [4.78, 5) is 27.3. The molecule has 0 atom stereocenters. The minimum Gasteiger partial charge on any atom is -0.347 e. The zero-order chi connectivity index (χ0) is 21.1. The van der Waals surface area contributed by atoms with E-state index < -0.39 is 5.91 Å². The van der Waals surface area contributed by atoms with Gasteiger partial charge in [-0.2, -0.15) is 0 Å². The molecular formula is C24H27N3O2S.